The van der Waals surface area contributed by atoms with E-state index in [1.54, 1.807) is 16.3 Å². The van der Waals surface area contributed by atoms with Crippen LogP contribution >= 0.6 is 24.4 Å². The number of aromatic amines is 1. The summed E-state index contributed by atoms with van der Waals surface area (Å²) in [5, 5.41) is 7.31. The Bertz CT molecular complexity index is 368. The number of aromatic nitrogens is 3. The molecule has 1 heterocycles. The summed E-state index contributed by atoms with van der Waals surface area (Å²) in [6.45, 7) is 6.12. The maximum Gasteiger partial charge on any atom is 0.344 e. The zero-order chi connectivity index (χ0) is 12.1. The Kier molecular flexibility index (Phi) is 5.48. The predicted octanol–water partition coefficient (Wildman–Crippen LogP) is 2.20. The summed E-state index contributed by atoms with van der Waals surface area (Å²) in [4.78, 5) is 11.5. The number of nitrogens with zero attached hydrogens (tertiary/aromatic N) is 2. The molecule has 1 aromatic heterocycles. The highest BCUT2D eigenvalue weighted by atomic mass is 32.2. The average Bonchev–Trinajstić information content (AvgIpc) is 2.61. The zero-order valence-corrected chi connectivity index (χ0v) is 11.6. The lowest BCUT2D eigenvalue weighted by Gasteiger charge is -2.12. The van der Waals surface area contributed by atoms with E-state index in [1.807, 2.05) is 13.8 Å². The molecule has 1 atom stereocenters. The van der Waals surface area contributed by atoms with Crippen LogP contribution in [0.15, 0.2) is 9.95 Å². The first-order valence-corrected chi connectivity index (χ1v) is 7.12. The SMILES string of the molecule is CCC(CS)CSc1n[nH]c(=O)n1C(C)C. The molecule has 0 aliphatic carbocycles. The van der Waals surface area contributed by atoms with Crippen molar-refractivity contribution in [3.63, 3.8) is 0 Å². The molecular formula is C10H19N3OS2. The van der Waals surface area contributed by atoms with Gasteiger partial charge in [0.15, 0.2) is 5.16 Å². The molecule has 6 heteroatoms. The molecular weight excluding hydrogens is 242 g/mol. The van der Waals surface area contributed by atoms with Gasteiger partial charge in [0, 0.05) is 11.8 Å². The van der Waals surface area contributed by atoms with Gasteiger partial charge in [-0.15, -0.1) is 5.10 Å². The summed E-state index contributed by atoms with van der Waals surface area (Å²) < 4.78 is 1.69. The standard InChI is InChI=1S/C10H19N3OS2/c1-4-8(5-15)6-16-10-12-11-9(14)13(10)7(2)3/h7-8,15H,4-6H2,1-3H3,(H,11,14). The van der Waals surface area contributed by atoms with E-state index in [2.05, 4.69) is 29.7 Å². The Morgan fingerprint density at radius 2 is 2.25 bits per heavy atom. The molecule has 1 N–H and O–H groups in total. The number of hydrogen-bond acceptors (Lipinski definition) is 4. The zero-order valence-electron chi connectivity index (χ0n) is 9.93. The van der Waals surface area contributed by atoms with Gasteiger partial charge in [0.1, 0.15) is 0 Å². The summed E-state index contributed by atoms with van der Waals surface area (Å²) >= 11 is 5.93. The maximum absolute atomic E-state index is 11.5. The third-order valence-corrected chi connectivity index (χ3v) is 4.17. The predicted molar refractivity (Wildman–Crippen MR) is 71.6 cm³/mol. The highest BCUT2D eigenvalue weighted by Crippen LogP contribution is 2.21. The van der Waals surface area contributed by atoms with Crippen molar-refractivity contribution in [1.82, 2.24) is 14.8 Å². The number of rotatable bonds is 6. The van der Waals surface area contributed by atoms with Gasteiger partial charge in [-0.1, -0.05) is 25.1 Å². The maximum atomic E-state index is 11.5. The largest absolute Gasteiger partial charge is 0.344 e. The van der Waals surface area contributed by atoms with Crippen molar-refractivity contribution >= 4 is 24.4 Å². The third-order valence-electron chi connectivity index (χ3n) is 2.47. The van der Waals surface area contributed by atoms with Crippen molar-refractivity contribution in [3.8, 4) is 0 Å². The van der Waals surface area contributed by atoms with Gasteiger partial charge in [0.2, 0.25) is 0 Å². The molecule has 4 nitrogen and oxygen atoms in total. The summed E-state index contributed by atoms with van der Waals surface area (Å²) in [6, 6.07) is 0.143. The van der Waals surface area contributed by atoms with Crippen LogP contribution in [-0.2, 0) is 0 Å². The molecule has 0 aliphatic rings. The Morgan fingerprint density at radius 1 is 1.56 bits per heavy atom. The number of H-pyrrole nitrogens is 1. The van der Waals surface area contributed by atoms with Crippen LogP contribution in [0.3, 0.4) is 0 Å². The van der Waals surface area contributed by atoms with E-state index in [0.717, 1.165) is 23.1 Å². The second-order valence-electron chi connectivity index (χ2n) is 4.04. The average molecular weight is 261 g/mol. The molecule has 16 heavy (non-hydrogen) atoms. The van der Waals surface area contributed by atoms with Crippen molar-refractivity contribution < 1.29 is 0 Å². The molecule has 0 radical (unpaired) electrons. The second kappa shape index (κ2) is 6.39. The van der Waals surface area contributed by atoms with E-state index >= 15 is 0 Å². The number of thioether (sulfide) groups is 1. The number of hydrogen-bond donors (Lipinski definition) is 2. The lowest BCUT2D eigenvalue weighted by Crippen LogP contribution is -2.19. The topological polar surface area (TPSA) is 50.7 Å². The molecule has 1 unspecified atom stereocenters. The highest BCUT2D eigenvalue weighted by molar-refractivity contribution is 7.99. The van der Waals surface area contributed by atoms with Crippen LogP contribution in [0.2, 0.25) is 0 Å². The minimum absolute atomic E-state index is 0.128. The van der Waals surface area contributed by atoms with E-state index in [4.69, 9.17) is 0 Å². The monoisotopic (exact) mass is 261 g/mol. The van der Waals surface area contributed by atoms with E-state index in [9.17, 15) is 4.79 Å². The number of thiol groups is 1. The molecule has 0 fully saturated rings. The lowest BCUT2D eigenvalue weighted by molar-refractivity contribution is 0.533. The van der Waals surface area contributed by atoms with Crippen LogP contribution in [0.4, 0.5) is 0 Å². The summed E-state index contributed by atoms with van der Waals surface area (Å²) in [6.07, 6.45) is 1.10. The summed E-state index contributed by atoms with van der Waals surface area (Å²) in [5.74, 6) is 2.40. The minimum Gasteiger partial charge on any atom is -0.268 e. The Balaban J connectivity index is 2.70. The molecule has 0 saturated heterocycles. The second-order valence-corrected chi connectivity index (χ2v) is 5.40. The molecule has 0 amide bonds. The fourth-order valence-corrected chi connectivity index (χ4v) is 3.18. The molecule has 0 saturated carbocycles. The Labute approximate surface area is 106 Å². The molecule has 1 rings (SSSR count). The third kappa shape index (κ3) is 3.31. The van der Waals surface area contributed by atoms with Gasteiger partial charge in [-0.3, -0.25) is 4.57 Å². The van der Waals surface area contributed by atoms with Gasteiger partial charge in [-0.2, -0.15) is 12.6 Å². The van der Waals surface area contributed by atoms with Crippen LogP contribution in [0.5, 0.6) is 0 Å². The van der Waals surface area contributed by atoms with Crippen molar-refractivity contribution in [2.75, 3.05) is 11.5 Å². The van der Waals surface area contributed by atoms with Gasteiger partial charge >= 0.3 is 5.69 Å². The van der Waals surface area contributed by atoms with Gasteiger partial charge in [0.05, 0.1) is 0 Å². The van der Waals surface area contributed by atoms with E-state index in [1.165, 1.54) is 0 Å². The van der Waals surface area contributed by atoms with E-state index in [0.29, 0.717) is 5.92 Å². The van der Waals surface area contributed by atoms with Gasteiger partial charge in [-0.05, 0) is 25.5 Å². The van der Waals surface area contributed by atoms with Crippen LogP contribution in [-0.4, -0.2) is 26.3 Å². The summed E-state index contributed by atoms with van der Waals surface area (Å²) in [7, 11) is 0. The first-order valence-electron chi connectivity index (χ1n) is 5.50. The van der Waals surface area contributed by atoms with Crippen LogP contribution in [0.25, 0.3) is 0 Å². The smallest absolute Gasteiger partial charge is 0.268 e. The fraction of sp³-hybridized carbons (Fsp3) is 0.800. The van der Waals surface area contributed by atoms with Crippen molar-refractivity contribution in [2.24, 2.45) is 5.92 Å². The van der Waals surface area contributed by atoms with Crippen LogP contribution in [0.1, 0.15) is 33.2 Å². The molecule has 0 spiro atoms. The van der Waals surface area contributed by atoms with Crippen LogP contribution in [0, 0.1) is 5.92 Å². The van der Waals surface area contributed by atoms with E-state index < -0.39 is 0 Å². The summed E-state index contributed by atoms with van der Waals surface area (Å²) in [5.41, 5.74) is -0.128. The van der Waals surface area contributed by atoms with E-state index in [-0.39, 0.29) is 11.7 Å². The molecule has 0 aromatic carbocycles. The lowest BCUT2D eigenvalue weighted by atomic mass is 10.2. The minimum atomic E-state index is -0.128. The van der Waals surface area contributed by atoms with Gasteiger partial charge in [0.25, 0.3) is 0 Å². The van der Waals surface area contributed by atoms with Crippen molar-refractivity contribution in [1.29, 1.82) is 0 Å². The normalized spacial score (nSPS) is 13.3. The molecule has 0 bridgehead atoms. The fourth-order valence-electron chi connectivity index (χ4n) is 1.34. The first kappa shape index (κ1) is 13.7. The Hall–Kier alpha value is -0.360. The van der Waals surface area contributed by atoms with Crippen LogP contribution < -0.4 is 5.69 Å². The number of nitrogens with one attached hydrogen (secondary N) is 1. The Morgan fingerprint density at radius 3 is 2.75 bits per heavy atom. The molecule has 1 aromatic rings. The van der Waals surface area contributed by atoms with Crippen molar-refractivity contribution in [3.05, 3.63) is 10.5 Å². The quantitative estimate of drug-likeness (QED) is 0.610. The van der Waals surface area contributed by atoms with Gasteiger partial charge in [-0.25, -0.2) is 9.89 Å². The first-order chi connectivity index (χ1) is 7.60. The van der Waals surface area contributed by atoms with Gasteiger partial charge < -0.3 is 0 Å². The molecule has 92 valence electrons. The molecule has 0 aliphatic heterocycles. The highest BCUT2D eigenvalue weighted by Gasteiger charge is 2.13. The van der Waals surface area contributed by atoms with Crippen molar-refractivity contribution in [2.45, 2.75) is 38.4 Å².